The molecule has 0 bridgehead atoms. The Balaban J connectivity index is 2.19. The van der Waals surface area contributed by atoms with Gasteiger partial charge in [-0.2, -0.15) is 0 Å². The fourth-order valence-corrected chi connectivity index (χ4v) is 2.51. The number of aryl methyl sites for hydroxylation is 1. The van der Waals surface area contributed by atoms with Crippen LogP contribution in [0, 0.1) is 18.7 Å². The van der Waals surface area contributed by atoms with Crippen molar-refractivity contribution in [2.45, 2.75) is 33.1 Å². The average molecular weight is 308 g/mol. The molecule has 1 saturated carbocycles. The summed E-state index contributed by atoms with van der Waals surface area (Å²) < 4.78 is 19.3. The number of nitrogens with zero attached hydrogens (tertiary/aromatic N) is 1. The molecule has 0 spiro atoms. The van der Waals surface area contributed by atoms with E-state index < -0.39 is 5.82 Å². The van der Waals surface area contributed by atoms with Crippen LogP contribution in [0.25, 0.3) is 10.9 Å². The van der Waals surface area contributed by atoms with Crippen molar-refractivity contribution in [2.24, 2.45) is 5.92 Å². The van der Waals surface area contributed by atoms with Crippen molar-refractivity contribution in [3.63, 3.8) is 0 Å². The fraction of sp³-hybridized carbons (Fsp3) is 0.375. The normalized spacial score (nSPS) is 14.5. The number of halogens is 2. The summed E-state index contributed by atoms with van der Waals surface area (Å²) in [5.74, 6) is -0.402. The molecular formula is C16H15ClFNO2. The molecule has 3 rings (SSSR count). The van der Waals surface area contributed by atoms with E-state index in [1.54, 1.807) is 0 Å². The summed E-state index contributed by atoms with van der Waals surface area (Å²) in [7, 11) is 0. The molecule has 5 heteroatoms. The van der Waals surface area contributed by atoms with E-state index >= 15 is 0 Å². The van der Waals surface area contributed by atoms with Crippen LogP contribution in [0.3, 0.4) is 0 Å². The molecule has 1 fully saturated rings. The smallest absolute Gasteiger partial charge is 0.314 e. The third-order valence-corrected chi connectivity index (χ3v) is 4.05. The Bertz CT molecular complexity index is 741. The van der Waals surface area contributed by atoms with E-state index in [0.717, 1.165) is 24.1 Å². The molecule has 1 aromatic heterocycles. The van der Waals surface area contributed by atoms with Gasteiger partial charge in [0.15, 0.2) is 0 Å². The predicted molar refractivity (Wildman–Crippen MR) is 79.2 cm³/mol. The predicted octanol–water partition coefficient (Wildman–Crippen LogP) is 4.21. The topological polar surface area (TPSA) is 39.2 Å². The van der Waals surface area contributed by atoms with Crippen LogP contribution in [0.4, 0.5) is 4.39 Å². The van der Waals surface area contributed by atoms with Crippen LogP contribution in [-0.4, -0.2) is 11.0 Å². The number of hydrogen-bond acceptors (Lipinski definition) is 3. The number of carbonyl (C=O) groups is 1. The molecule has 1 aliphatic rings. The van der Waals surface area contributed by atoms with Crippen LogP contribution in [0.5, 0.6) is 5.75 Å². The lowest BCUT2D eigenvalue weighted by atomic mass is 10.1. The molecule has 0 aliphatic heterocycles. The number of esters is 1. The van der Waals surface area contributed by atoms with Crippen molar-refractivity contribution in [3.8, 4) is 5.75 Å². The summed E-state index contributed by atoms with van der Waals surface area (Å²) in [5.41, 5.74) is 2.15. The molecule has 0 N–H and O–H groups in total. The molecule has 0 saturated heterocycles. The summed E-state index contributed by atoms with van der Waals surface area (Å²) in [6.07, 6.45) is 2.42. The summed E-state index contributed by atoms with van der Waals surface area (Å²) >= 11 is 5.82. The van der Waals surface area contributed by atoms with Gasteiger partial charge in [-0.25, -0.2) is 4.39 Å². The lowest BCUT2D eigenvalue weighted by Gasteiger charge is -2.14. The van der Waals surface area contributed by atoms with Gasteiger partial charge in [-0.1, -0.05) is 18.5 Å². The second-order valence-corrected chi connectivity index (χ2v) is 5.75. The van der Waals surface area contributed by atoms with Gasteiger partial charge in [0, 0.05) is 16.6 Å². The highest BCUT2D eigenvalue weighted by atomic mass is 35.5. The molecule has 110 valence electrons. The standard InChI is InChI=1S/C16H15ClFNO2/c1-3-13-8(2)15(21-16(20)9-4-5-9)10-6-12(18)11(17)7-14(10)19-13/h6-7,9H,3-5H2,1-2H3. The Kier molecular flexibility index (Phi) is 3.57. The third kappa shape index (κ3) is 2.60. The first-order chi connectivity index (χ1) is 10.0. The van der Waals surface area contributed by atoms with Crippen molar-refractivity contribution in [2.75, 3.05) is 0 Å². The minimum absolute atomic E-state index is 0.0142. The highest BCUT2D eigenvalue weighted by Gasteiger charge is 2.32. The van der Waals surface area contributed by atoms with Crippen molar-refractivity contribution in [3.05, 3.63) is 34.2 Å². The SMILES string of the molecule is CCc1nc2cc(Cl)c(F)cc2c(OC(=O)C2CC2)c1C. The van der Waals surface area contributed by atoms with Gasteiger partial charge in [0.05, 0.1) is 16.5 Å². The molecule has 3 nitrogen and oxygen atoms in total. The number of benzene rings is 1. The van der Waals surface area contributed by atoms with Gasteiger partial charge in [-0.15, -0.1) is 0 Å². The van der Waals surface area contributed by atoms with Gasteiger partial charge in [0.1, 0.15) is 11.6 Å². The Labute approximate surface area is 127 Å². The van der Waals surface area contributed by atoms with E-state index in [0.29, 0.717) is 23.1 Å². The molecule has 0 unspecified atom stereocenters. The lowest BCUT2D eigenvalue weighted by molar-refractivity contribution is -0.135. The summed E-state index contributed by atoms with van der Waals surface area (Å²) in [5, 5.41) is 0.501. The number of pyridine rings is 1. The quantitative estimate of drug-likeness (QED) is 0.797. The van der Waals surface area contributed by atoms with Crippen LogP contribution in [0.1, 0.15) is 31.0 Å². The third-order valence-electron chi connectivity index (χ3n) is 3.76. The highest BCUT2D eigenvalue weighted by molar-refractivity contribution is 6.31. The van der Waals surface area contributed by atoms with Crippen LogP contribution >= 0.6 is 11.6 Å². The van der Waals surface area contributed by atoms with Crippen LogP contribution in [0.15, 0.2) is 12.1 Å². The molecule has 0 amide bonds. The zero-order chi connectivity index (χ0) is 15.1. The van der Waals surface area contributed by atoms with Gasteiger partial charge in [-0.3, -0.25) is 9.78 Å². The molecule has 1 heterocycles. The van der Waals surface area contributed by atoms with E-state index in [1.165, 1.54) is 12.1 Å². The van der Waals surface area contributed by atoms with Crippen LogP contribution in [0.2, 0.25) is 5.02 Å². The van der Waals surface area contributed by atoms with Gasteiger partial charge in [0.2, 0.25) is 0 Å². The minimum atomic E-state index is -0.543. The Hall–Kier alpha value is -1.68. The number of rotatable bonds is 3. The highest BCUT2D eigenvalue weighted by Crippen LogP contribution is 2.36. The maximum Gasteiger partial charge on any atom is 0.314 e. The van der Waals surface area contributed by atoms with Crippen molar-refractivity contribution >= 4 is 28.5 Å². The minimum Gasteiger partial charge on any atom is -0.425 e. The zero-order valence-electron chi connectivity index (χ0n) is 11.9. The maximum atomic E-state index is 13.8. The van der Waals surface area contributed by atoms with E-state index in [-0.39, 0.29) is 16.9 Å². The number of aromatic nitrogens is 1. The zero-order valence-corrected chi connectivity index (χ0v) is 12.6. The summed E-state index contributed by atoms with van der Waals surface area (Å²) in [4.78, 5) is 16.4. The number of carbonyl (C=O) groups excluding carboxylic acids is 1. The first-order valence-electron chi connectivity index (χ1n) is 7.01. The Morgan fingerprint density at radius 3 is 2.81 bits per heavy atom. The van der Waals surface area contributed by atoms with Crippen molar-refractivity contribution in [1.29, 1.82) is 0 Å². The molecular weight excluding hydrogens is 293 g/mol. The fourth-order valence-electron chi connectivity index (χ4n) is 2.35. The Morgan fingerprint density at radius 2 is 2.19 bits per heavy atom. The number of hydrogen-bond donors (Lipinski definition) is 0. The average Bonchev–Trinajstić information content (AvgIpc) is 3.28. The van der Waals surface area contributed by atoms with Crippen LogP contribution in [-0.2, 0) is 11.2 Å². The molecule has 0 radical (unpaired) electrons. The van der Waals surface area contributed by atoms with Gasteiger partial charge >= 0.3 is 5.97 Å². The van der Waals surface area contributed by atoms with E-state index in [1.807, 2.05) is 13.8 Å². The van der Waals surface area contributed by atoms with E-state index in [2.05, 4.69) is 4.98 Å². The molecule has 2 aromatic rings. The van der Waals surface area contributed by atoms with E-state index in [9.17, 15) is 9.18 Å². The molecule has 21 heavy (non-hydrogen) atoms. The maximum absolute atomic E-state index is 13.8. The van der Waals surface area contributed by atoms with Crippen molar-refractivity contribution < 1.29 is 13.9 Å². The second kappa shape index (κ2) is 5.26. The summed E-state index contributed by atoms with van der Waals surface area (Å²) in [6, 6.07) is 2.76. The van der Waals surface area contributed by atoms with Crippen LogP contribution < -0.4 is 4.74 Å². The summed E-state index contributed by atoms with van der Waals surface area (Å²) in [6.45, 7) is 3.81. The second-order valence-electron chi connectivity index (χ2n) is 5.35. The molecule has 0 atom stereocenters. The first kappa shape index (κ1) is 14.3. The number of fused-ring (bicyclic) bond motifs is 1. The first-order valence-corrected chi connectivity index (χ1v) is 7.39. The monoisotopic (exact) mass is 307 g/mol. The van der Waals surface area contributed by atoms with Gasteiger partial charge in [0.25, 0.3) is 0 Å². The molecule has 1 aromatic carbocycles. The van der Waals surface area contributed by atoms with Crippen molar-refractivity contribution in [1.82, 2.24) is 4.98 Å². The Morgan fingerprint density at radius 1 is 1.48 bits per heavy atom. The largest absolute Gasteiger partial charge is 0.425 e. The lowest BCUT2D eigenvalue weighted by Crippen LogP contribution is -2.12. The van der Waals surface area contributed by atoms with E-state index in [4.69, 9.17) is 16.3 Å². The number of ether oxygens (including phenoxy) is 1. The van der Waals surface area contributed by atoms with Gasteiger partial charge < -0.3 is 4.74 Å². The molecule has 1 aliphatic carbocycles. The van der Waals surface area contributed by atoms with Gasteiger partial charge in [-0.05, 0) is 38.3 Å².